The van der Waals surface area contributed by atoms with Crippen molar-refractivity contribution in [2.75, 3.05) is 32.7 Å². The van der Waals surface area contributed by atoms with E-state index in [0.29, 0.717) is 5.92 Å². The van der Waals surface area contributed by atoms with Gasteiger partial charge in [0.2, 0.25) is 11.8 Å². The second-order valence-electron chi connectivity index (χ2n) is 8.83. The number of aryl methyl sites for hydroxylation is 2. The lowest BCUT2D eigenvalue weighted by Gasteiger charge is -2.29. The average Bonchev–Trinajstić information content (AvgIpc) is 3.38. The summed E-state index contributed by atoms with van der Waals surface area (Å²) in [6.07, 6.45) is 2.04. The number of rotatable bonds is 7. The van der Waals surface area contributed by atoms with Gasteiger partial charge in [-0.2, -0.15) is 0 Å². The van der Waals surface area contributed by atoms with Crippen LogP contribution in [0.15, 0.2) is 40.9 Å². The third-order valence-electron chi connectivity index (χ3n) is 6.48. The van der Waals surface area contributed by atoms with Crippen LogP contribution in [-0.2, 0) is 22.6 Å². The molecule has 7 nitrogen and oxygen atoms in total. The monoisotopic (exact) mass is 410 g/mol. The van der Waals surface area contributed by atoms with Gasteiger partial charge in [0.15, 0.2) is 5.76 Å². The van der Waals surface area contributed by atoms with Gasteiger partial charge in [-0.05, 0) is 31.2 Å². The van der Waals surface area contributed by atoms with Crippen molar-refractivity contribution >= 4 is 11.8 Å². The molecule has 0 spiro atoms. The molecule has 0 radical (unpaired) electrons. The zero-order valence-electron chi connectivity index (χ0n) is 17.8. The lowest BCUT2D eigenvalue weighted by Crippen LogP contribution is -2.41. The maximum Gasteiger partial charge on any atom is 0.241 e. The van der Waals surface area contributed by atoms with E-state index in [-0.39, 0.29) is 23.8 Å². The first-order valence-electron chi connectivity index (χ1n) is 10.6. The summed E-state index contributed by atoms with van der Waals surface area (Å²) in [6, 6.07) is 12.5. The van der Waals surface area contributed by atoms with Crippen LogP contribution in [0.25, 0.3) is 0 Å². The molecular formula is C23H30N4O3. The smallest absolute Gasteiger partial charge is 0.241 e. The third-order valence-corrected chi connectivity index (χ3v) is 6.48. The normalized spacial score (nSPS) is 23.5. The molecule has 2 atom stereocenters. The van der Waals surface area contributed by atoms with Crippen molar-refractivity contribution in [3.8, 4) is 0 Å². The van der Waals surface area contributed by atoms with E-state index >= 15 is 0 Å². The summed E-state index contributed by atoms with van der Waals surface area (Å²) < 4.78 is 5.43. The molecule has 2 saturated heterocycles. The van der Waals surface area contributed by atoms with E-state index in [1.165, 1.54) is 12.5 Å². The average molecular weight is 411 g/mol. The second-order valence-corrected chi connectivity index (χ2v) is 8.83. The Kier molecular flexibility index (Phi) is 5.90. The molecule has 2 aromatic rings. The Morgan fingerprint density at radius 3 is 2.73 bits per heavy atom. The Hall–Kier alpha value is -2.67. The fraction of sp³-hybridized carbons (Fsp3) is 0.522. The number of aromatic nitrogens is 1. The molecular weight excluding hydrogens is 380 g/mol. The summed E-state index contributed by atoms with van der Waals surface area (Å²) in [4.78, 5) is 28.2. The SMILES string of the molecule is CC(=O)NCC(=O)N1C[C@@H]2CN(Cc3cc(C)no3)C[C@]2(CCc2ccccc2)C1. The zero-order chi connectivity index (χ0) is 21.1. The topological polar surface area (TPSA) is 78.7 Å². The predicted molar refractivity (Wildman–Crippen MR) is 112 cm³/mol. The molecule has 2 aliphatic rings. The lowest BCUT2D eigenvalue weighted by atomic mass is 9.76. The largest absolute Gasteiger partial charge is 0.360 e. The molecule has 3 heterocycles. The molecule has 2 aliphatic heterocycles. The zero-order valence-corrected chi connectivity index (χ0v) is 17.8. The highest BCUT2D eigenvalue weighted by Gasteiger charge is 2.52. The number of amides is 2. The maximum atomic E-state index is 12.6. The molecule has 0 aliphatic carbocycles. The minimum atomic E-state index is -0.171. The van der Waals surface area contributed by atoms with Gasteiger partial charge >= 0.3 is 0 Å². The van der Waals surface area contributed by atoms with E-state index in [1.54, 1.807) is 0 Å². The molecule has 2 amide bonds. The van der Waals surface area contributed by atoms with E-state index < -0.39 is 0 Å². The molecule has 1 N–H and O–H groups in total. The van der Waals surface area contributed by atoms with Crippen LogP contribution in [0.3, 0.4) is 0 Å². The summed E-state index contributed by atoms with van der Waals surface area (Å²) >= 11 is 0. The summed E-state index contributed by atoms with van der Waals surface area (Å²) in [5, 5.41) is 6.65. The van der Waals surface area contributed by atoms with Crippen molar-refractivity contribution < 1.29 is 14.1 Å². The minimum Gasteiger partial charge on any atom is -0.360 e. The molecule has 0 bridgehead atoms. The number of likely N-dealkylation sites (tertiary alicyclic amines) is 2. The van der Waals surface area contributed by atoms with Crippen LogP contribution in [0.1, 0.15) is 30.4 Å². The quantitative estimate of drug-likeness (QED) is 0.756. The van der Waals surface area contributed by atoms with E-state index in [2.05, 4.69) is 39.6 Å². The molecule has 2 fully saturated rings. The van der Waals surface area contributed by atoms with Crippen LogP contribution in [0.5, 0.6) is 0 Å². The number of nitrogens with zero attached hydrogens (tertiary/aromatic N) is 3. The Morgan fingerprint density at radius 2 is 2.03 bits per heavy atom. The van der Waals surface area contributed by atoms with Crippen molar-refractivity contribution in [2.45, 2.75) is 33.2 Å². The number of carbonyl (C=O) groups excluding carboxylic acids is 2. The summed E-state index contributed by atoms with van der Waals surface area (Å²) in [6.45, 7) is 7.59. The van der Waals surface area contributed by atoms with Gasteiger partial charge in [-0.15, -0.1) is 0 Å². The standard InChI is InChI=1S/C23H30N4O3/c1-17-10-21(30-25-17)14-26-12-20-13-27(22(29)11-24-18(2)28)16-23(20,15-26)9-8-19-6-4-3-5-7-19/h3-7,10,20H,8-9,11-16H2,1-2H3,(H,24,28)/t20-,23+/m0/s1. The third kappa shape index (κ3) is 4.56. The van der Waals surface area contributed by atoms with Gasteiger partial charge in [0.25, 0.3) is 0 Å². The van der Waals surface area contributed by atoms with Crippen LogP contribution in [0.2, 0.25) is 0 Å². The predicted octanol–water partition coefficient (Wildman–Crippen LogP) is 2.01. The molecule has 1 aromatic heterocycles. The first kappa shape index (κ1) is 20.6. The fourth-order valence-corrected chi connectivity index (χ4v) is 5.02. The van der Waals surface area contributed by atoms with E-state index in [4.69, 9.17) is 4.52 Å². The first-order valence-corrected chi connectivity index (χ1v) is 10.6. The highest BCUT2D eigenvalue weighted by atomic mass is 16.5. The fourth-order valence-electron chi connectivity index (χ4n) is 5.02. The van der Waals surface area contributed by atoms with Crippen LogP contribution in [0.4, 0.5) is 0 Å². The number of carbonyl (C=O) groups is 2. The molecule has 4 rings (SSSR count). The summed E-state index contributed by atoms with van der Waals surface area (Å²) in [7, 11) is 0. The minimum absolute atomic E-state index is 0.0103. The van der Waals surface area contributed by atoms with Crippen LogP contribution in [0, 0.1) is 18.3 Å². The van der Waals surface area contributed by atoms with Gasteiger partial charge < -0.3 is 14.7 Å². The van der Waals surface area contributed by atoms with Gasteiger partial charge in [-0.25, -0.2) is 0 Å². The number of hydrogen-bond acceptors (Lipinski definition) is 5. The van der Waals surface area contributed by atoms with Crippen molar-refractivity contribution in [1.29, 1.82) is 0 Å². The maximum absolute atomic E-state index is 12.6. The van der Waals surface area contributed by atoms with Crippen molar-refractivity contribution in [1.82, 2.24) is 20.3 Å². The van der Waals surface area contributed by atoms with E-state index in [1.807, 2.05) is 24.0 Å². The van der Waals surface area contributed by atoms with Gasteiger partial charge in [0.1, 0.15) is 0 Å². The Balaban J connectivity index is 1.46. The Labute approximate surface area is 177 Å². The number of benzene rings is 1. The first-order chi connectivity index (χ1) is 14.4. The Bertz CT molecular complexity index is 897. The second kappa shape index (κ2) is 8.60. The van der Waals surface area contributed by atoms with Gasteiger partial charge in [0, 0.05) is 44.6 Å². The van der Waals surface area contributed by atoms with Crippen LogP contribution >= 0.6 is 0 Å². The molecule has 0 saturated carbocycles. The number of nitrogens with one attached hydrogen (secondary N) is 1. The van der Waals surface area contributed by atoms with Crippen LogP contribution < -0.4 is 5.32 Å². The number of hydrogen-bond donors (Lipinski definition) is 1. The van der Waals surface area contributed by atoms with Crippen molar-refractivity contribution in [3.63, 3.8) is 0 Å². The molecule has 0 unspecified atom stereocenters. The van der Waals surface area contributed by atoms with Crippen molar-refractivity contribution in [2.24, 2.45) is 11.3 Å². The molecule has 30 heavy (non-hydrogen) atoms. The van der Waals surface area contributed by atoms with Crippen LogP contribution in [-0.4, -0.2) is 59.5 Å². The summed E-state index contributed by atoms with van der Waals surface area (Å²) in [5.41, 5.74) is 2.30. The van der Waals surface area contributed by atoms with E-state index in [9.17, 15) is 9.59 Å². The lowest BCUT2D eigenvalue weighted by molar-refractivity contribution is -0.132. The highest BCUT2D eigenvalue weighted by Crippen LogP contribution is 2.46. The molecule has 7 heteroatoms. The van der Waals surface area contributed by atoms with Crippen molar-refractivity contribution in [3.05, 3.63) is 53.4 Å². The van der Waals surface area contributed by atoms with Gasteiger partial charge in [0.05, 0.1) is 18.8 Å². The van der Waals surface area contributed by atoms with E-state index in [0.717, 1.165) is 57.0 Å². The highest BCUT2D eigenvalue weighted by molar-refractivity contribution is 5.84. The van der Waals surface area contributed by atoms with Gasteiger partial charge in [-0.3, -0.25) is 14.5 Å². The number of fused-ring (bicyclic) bond motifs is 1. The molecule has 160 valence electrons. The molecule has 1 aromatic carbocycles. The summed E-state index contributed by atoms with van der Waals surface area (Å²) in [5.74, 6) is 1.15. The van der Waals surface area contributed by atoms with Gasteiger partial charge in [-0.1, -0.05) is 35.5 Å². The Morgan fingerprint density at radius 1 is 1.23 bits per heavy atom.